The molecular formula is C11H12N6O3. The highest BCUT2D eigenvalue weighted by atomic mass is 16.6. The van der Waals surface area contributed by atoms with Gasteiger partial charge in [-0.1, -0.05) is 12.1 Å². The zero-order valence-corrected chi connectivity index (χ0v) is 10.6. The Hall–Kier alpha value is -2.97. The van der Waals surface area contributed by atoms with Crippen LogP contribution in [0.15, 0.2) is 29.4 Å². The SMILES string of the molecule is CCn1nc([N+](=O)[O-])nc1N/N=C/c1ccccc1O. The summed E-state index contributed by atoms with van der Waals surface area (Å²) in [6.07, 6.45) is 1.38. The minimum absolute atomic E-state index is 0.0842. The zero-order valence-electron chi connectivity index (χ0n) is 10.6. The molecule has 0 amide bonds. The number of aromatic nitrogens is 3. The second-order valence-corrected chi connectivity index (χ2v) is 3.74. The molecule has 104 valence electrons. The predicted molar refractivity (Wildman–Crippen MR) is 71.7 cm³/mol. The summed E-state index contributed by atoms with van der Waals surface area (Å²) in [6.45, 7) is 2.19. The molecule has 2 aromatic rings. The molecule has 0 saturated heterocycles. The fraction of sp³-hybridized carbons (Fsp3) is 0.182. The maximum absolute atomic E-state index is 10.6. The number of benzene rings is 1. The van der Waals surface area contributed by atoms with Crippen molar-refractivity contribution in [1.29, 1.82) is 0 Å². The lowest BCUT2D eigenvalue weighted by molar-refractivity contribution is -0.394. The Morgan fingerprint density at radius 3 is 2.95 bits per heavy atom. The molecule has 9 nitrogen and oxygen atoms in total. The summed E-state index contributed by atoms with van der Waals surface area (Å²) < 4.78 is 1.32. The summed E-state index contributed by atoms with van der Waals surface area (Å²) in [6, 6.07) is 6.64. The van der Waals surface area contributed by atoms with E-state index in [9.17, 15) is 15.2 Å². The molecule has 0 fully saturated rings. The van der Waals surface area contributed by atoms with Gasteiger partial charge in [-0.05, 0) is 29.0 Å². The highest BCUT2D eigenvalue weighted by Gasteiger charge is 2.19. The highest BCUT2D eigenvalue weighted by molar-refractivity contribution is 5.83. The molecule has 0 unspecified atom stereocenters. The summed E-state index contributed by atoms with van der Waals surface area (Å²) >= 11 is 0. The van der Waals surface area contributed by atoms with Crippen molar-refractivity contribution < 1.29 is 10.0 Å². The number of nitrogens with zero attached hydrogens (tertiary/aromatic N) is 5. The molecule has 0 aliphatic heterocycles. The van der Waals surface area contributed by atoms with E-state index in [1.807, 2.05) is 0 Å². The van der Waals surface area contributed by atoms with Crippen LogP contribution in [-0.2, 0) is 6.54 Å². The van der Waals surface area contributed by atoms with E-state index in [1.54, 1.807) is 25.1 Å². The number of nitrogens with one attached hydrogen (secondary N) is 1. The molecular weight excluding hydrogens is 264 g/mol. The number of nitro groups is 1. The number of rotatable bonds is 5. The van der Waals surface area contributed by atoms with E-state index in [4.69, 9.17) is 0 Å². The maximum atomic E-state index is 10.6. The largest absolute Gasteiger partial charge is 0.507 e. The van der Waals surface area contributed by atoms with Crippen LogP contribution in [0.1, 0.15) is 12.5 Å². The highest BCUT2D eigenvalue weighted by Crippen LogP contribution is 2.14. The van der Waals surface area contributed by atoms with E-state index in [2.05, 4.69) is 20.6 Å². The average molecular weight is 276 g/mol. The normalized spacial score (nSPS) is 10.8. The van der Waals surface area contributed by atoms with Crippen LogP contribution in [0, 0.1) is 10.1 Å². The van der Waals surface area contributed by atoms with E-state index in [0.29, 0.717) is 12.1 Å². The number of hydrogen-bond acceptors (Lipinski definition) is 7. The average Bonchev–Trinajstić information content (AvgIpc) is 2.84. The van der Waals surface area contributed by atoms with Gasteiger partial charge in [0.15, 0.2) is 0 Å². The van der Waals surface area contributed by atoms with Crippen molar-refractivity contribution in [1.82, 2.24) is 14.8 Å². The summed E-state index contributed by atoms with van der Waals surface area (Å²) in [5, 5.41) is 27.7. The first-order valence-electron chi connectivity index (χ1n) is 5.78. The second-order valence-electron chi connectivity index (χ2n) is 3.74. The van der Waals surface area contributed by atoms with Gasteiger partial charge in [0.25, 0.3) is 0 Å². The minimum Gasteiger partial charge on any atom is -0.507 e. The summed E-state index contributed by atoms with van der Waals surface area (Å²) in [7, 11) is 0. The van der Waals surface area contributed by atoms with Gasteiger partial charge in [-0.15, -0.1) is 0 Å². The fourth-order valence-corrected chi connectivity index (χ4v) is 1.47. The quantitative estimate of drug-likeness (QED) is 0.483. The van der Waals surface area contributed by atoms with Crippen LogP contribution >= 0.6 is 0 Å². The van der Waals surface area contributed by atoms with Gasteiger partial charge in [0.2, 0.25) is 0 Å². The number of phenols is 1. The Labute approximate surface area is 113 Å². The molecule has 9 heteroatoms. The van der Waals surface area contributed by atoms with Gasteiger partial charge in [-0.2, -0.15) is 9.78 Å². The van der Waals surface area contributed by atoms with Crippen molar-refractivity contribution in [3.8, 4) is 5.75 Å². The van der Waals surface area contributed by atoms with Crippen LogP contribution in [-0.4, -0.2) is 31.0 Å². The molecule has 0 saturated carbocycles. The molecule has 0 bridgehead atoms. The van der Waals surface area contributed by atoms with Gasteiger partial charge in [0.05, 0.1) is 12.8 Å². The first-order valence-corrected chi connectivity index (χ1v) is 5.78. The fourth-order valence-electron chi connectivity index (χ4n) is 1.47. The van der Waals surface area contributed by atoms with E-state index in [1.165, 1.54) is 17.0 Å². The molecule has 2 N–H and O–H groups in total. The molecule has 20 heavy (non-hydrogen) atoms. The third kappa shape index (κ3) is 2.88. The standard InChI is InChI=1S/C11H12N6O3/c1-2-16-10(13-11(15-16)17(19)20)14-12-7-8-5-3-4-6-9(8)18/h3-7,18H,2H2,1H3,(H,13,14,15)/b12-7+. The third-order valence-electron chi connectivity index (χ3n) is 2.43. The van der Waals surface area contributed by atoms with E-state index < -0.39 is 10.9 Å². The Morgan fingerprint density at radius 1 is 1.55 bits per heavy atom. The monoisotopic (exact) mass is 276 g/mol. The maximum Gasteiger partial charge on any atom is 0.493 e. The van der Waals surface area contributed by atoms with E-state index >= 15 is 0 Å². The van der Waals surface area contributed by atoms with Crippen LogP contribution in [0.4, 0.5) is 11.9 Å². The second kappa shape index (κ2) is 5.78. The predicted octanol–water partition coefficient (Wildman–Crippen LogP) is 1.36. The minimum atomic E-state index is -0.677. The Balaban J connectivity index is 2.14. The molecule has 0 aliphatic carbocycles. The molecule has 0 atom stereocenters. The van der Waals surface area contributed by atoms with Crippen molar-refractivity contribution in [3.63, 3.8) is 0 Å². The molecule has 0 aliphatic rings. The molecule has 0 radical (unpaired) electrons. The van der Waals surface area contributed by atoms with Gasteiger partial charge >= 0.3 is 11.9 Å². The van der Waals surface area contributed by atoms with Crippen LogP contribution in [0.2, 0.25) is 0 Å². The molecule has 2 rings (SSSR count). The molecule has 1 aromatic carbocycles. The molecule has 1 heterocycles. The smallest absolute Gasteiger partial charge is 0.493 e. The lowest BCUT2D eigenvalue weighted by Gasteiger charge is -1.97. The van der Waals surface area contributed by atoms with Crippen molar-refractivity contribution >= 4 is 18.1 Å². The number of hydrazone groups is 1. The molecule has 1 aromatic heterocycles. The van der Waals surface area contributed by atoms with Crippen molar-refractivity contribution in [2.45, 2.75) is 13.5 Å². The van der Waals surface area contributed by atoms with Crippen molar-refractivity contribution in [2.75, 3.05) is 5.43 Å². The van der Waals surface area contributed by atoms with E-state index in [-0.39, 0.29) is 11.7 Å². The number of aryl methyl sites for hydroxylation is 1. The van der Waals surface area contributed by atoms with Gasteiger partial charge in [-0.3, -0.25) is 0 Å². The van der Waals surface area contributed by atoms with Crippen LogP contribution < -0.4 is 5.43 Å². The molecule has 0 spiro atoms. The van der Waals surface area contributed by atoms with Crippen LogP contribution in [0.25, 0.3) is 0 Å². The van der Waals surface area contributed by atoms with Gasteiger partial charge in [0.1, 0.15) is 5.75 Å². The van der Waals surface area contributed by atoms with Gasteiger partial charge in [0, 0.05) is 10.7 Å². The summed E-state index contributed by atoms with van der Waals surface area (Å²) in [4.78, 5) is 13.6. The topological polar surface area (TPSA) is 118 Å². The van der Waals surface area contributed by atoms with Gasteiger partial charge < -0.3 is 15.2 Å². The Morgan fingerprint density at radius 2 is 2.30 bits per heavy atom. The van der Waals surface area contributed by atoms with Crippen LogP contribution in [0.3, 0.4) is 0 Å². The Bertz CT molecular complexity index is 651. The van der Waals surface area contributed by atoms with Crippen molar-refractivity contribution in [3.05, 3.63) is 39.9 Å². The lowest BCUT2D eigenvalue weighted by atomic mass is 10.2. The third-order valence-corrected chi connectivity index (χ3v) is 2.43. The lowest BCUT2D eigenvalue weighted by Crippen LogP contribution is -2.03. The Kier molecular flexibility index (Phi) is 3.89. The zero-order chi connectivity index (χ0) is 14.5. The van der Waals surface area contributed by atoms with Crippen molar-refractivity contribution in [2.24, 2.45) is 5.10 Å². The number of aromatic hydroxyl groups is 1. The first kappa shape index (κ1) is 13.5. The summed E-state index contributed by atoms with van der Waals surface area (Å²) in [5.41, 5.74) is 3.07. The van der Waals surface area contributed by atoms with Crippen LogP contribution in [0.5, 0.6) is 5.75 Å². The van der Waals surface area contributed by atoms with Gasteiger partial charge in [-0.25, -0.2) is 5.43 Å². The summed E-state index contributed by atoms with van der Waals surface area (Å²) in [5.74, 6) is -0.251. The number of para-hydroxylation sites is 1. The number of hydrogen-bond donors (Lipinski definition) is 2. The number of phenolic OH excluding ortho intramolecular Hbond substituents is 1. The van der Waals surface area contributed by atoms with E-state index in [0.717, 1.165) is 0 Å². The number of anilines is 1. The first-order chi connectivity index (χ1) is 9.61.